The van der Waals surface area contributed by atoms with Crippen molar-refractivity contribution in [2.45, 2.75) is 40.2 Å². The molecule has 1 aliphatic heterocycles. The molecule has 5 nitrogen and oxygen atoms in total. The van der Waals surface area contributed by atoms with E-state index in [2.05, 4.69) is 24.1 Å². The molecular weight excluding hydrogens is 244 g/mol. The number of amides is 1. The lowest BCUT2D eigenvalue weighted by atomic mass is 9.93. The molecule has 1 N–H and O–H groups in total. The van der Waals surface area contributed by atoms with Crippen LogP contribution in [0.4, 0.5) is 0 Å². The smallest absolute Gasteiger partial charge is 0.289 e. The van der Waals surface area contributed by atoms with E-state index in [4.69, 9.17) is 9.15 Å². The second-order valence-electron chi connectivity index (χ2n) is 5.49. The fourth-order valence-electron chi connectivity index (χ4n) is 2.66. The third-order valence-corrected chi connectivity index (χ3v) is 3.56. The number of rotatable bonds is 4. The fraction of sp³-hybridized carbons (Fsp3) is 0.714. The maximum Gasteiger partial charge on any atom is 0.289 e. The Kier molecular flexibility index (Phi) is 4.24. The molecule has 0 aromatic carbocycles. The SMILES string of the molecule is Cc1nc(C)c(C(=O)NC[C@H]2CCO[C@@H]2C(C)C)o1. The Morgan fingerprint density at radius 2 is 2.21 bits per heavy atom. The molecular formula is C14H22N2O3. The first-order chi connectivity index (χ1) is 8.99. The van der Waals surface area contributed by atoms with E-state index in [1.54, 1.807) is 13.8 Å². The van der Waals surface area contributed by atoms with Crippen LogP contribution in [0.25, 0.3) is 0 Å². The second kappa shape index (κ2) is 5.74. The van der Waals surface area contributed by atoms with Crippen LogP contribution in [-0.2, 0) is 4.74 Å². The van der Waals surface area contributed by atoms with E-state index in [0.29, 0.717) is 35.7 Å². The van der Waals surface area contributed by atoms with E-state index < -0.39 is 0 Å². The van der Waals surface area contributed by atoms with Gasteiger partial charge in [-0.15, -0.1) is 0 Å². The predicted molar refractivity (Wildman–Crippen MR) is 71.0 cm³/mol. The lowest BCUT2D eigenvalue weighted by molar-refractivity contribution is 0.0531. The average molecular weight is 266 g/mol. The number of nitrogens with one attached hydrogen (secondary N) is 1. The molecule has 1 amide bonds. The van der Waals surface area contributed by atoms with E-state index in [1.807, 2.05) is 0 Å². The van der Waals surface area contributed by atoms with Gasteiger partial charge in [-0.3, -0.25) is 4.79 Å². The number of hydrogen-bond acceptors (Lipinski definition) is 4. The normalized spacial score (nSPS) is 23.0. The number of oxazole rings is 1. The molecule has 1 saturated heterocycles. The van der Waals surface area contributed by atoms with Crippen LogP contribution in [-0.4, -0.2) is 30.1 Å². The summed E-state index contributed by atoms with van der Waals surface area (Å²) in [5.74, 6) is 1.50. The highest BCUT2D eigenvalue weighted by Gasteiger charge is 2.31. The van der Waals surface area contributed by atoms with Crippen LogP contribution in [0, 0.1) is 25.7 Å². The van der Waals surface area contributed by atoms with E-state index in [1.165, 1.54) is 0 Å². The summed E-state index contributed by atoms with van der Waals surface area (Å²) < 4.78 is 11.0. The molecule has 2 heterocycles. The minimum absolute atomic E-state index is 0.187. The van der Waals surface area contributed by atoms with Crippen LogP contribution in [0.1, 0.15) is 42.4 Å². The largest absolute Gasteiger partial charge is 0.436 e. The molecule has 2 rings (SSSR count). The summed E-state index contributed by atoms with van der Waals surface area (Å²) in [6.45, 7) is 9.22. The number of carbonyl (C=O) groups is 1. The van der Waals surface area contributed by atoms with Crippen molar-refractivity contribution >= 4 is 5.91 Å². The first-order valence-electron chi connectivity index (χ1n) is 6.83. The van der Waals surface area contributed by atoms with Crippen molar-refractivity contribution in [3.63, 3.8) is 0 Å². The highest BCUT2D eigenvalue weighted by atomic mass is 16.5. The monoisotopic (exact) mass is 266 g/mol. The first kappa shape index (κ1) is 14.1. The van der Waals surface area contributed by atoms with E-state index in [-0.39, 0.29) is 12.0 Å². The lowest BCUT2D eigenvalue weighted by Gasteiger charge is -2.21. The standard InChI is InChI=1S/C14H22N2O3/c1-8(2)12-11(5-6-18-12)7-15-14(17)13-9(3)16-10(4)19-13/h8,11-12H,5-7H2,1-4H3,(H,15,17)/t11-,12-/m1/s1. The maximum absolute atomic E-state index is 12.0. The van der Waals surface area contributed by atoms with Crippen molar-refractivity contribution < 1.29 is 13.9 Å². The fourth-order valence-corrected chi connectivity index (χ4v) is 2.66. The third-order valence-electron chi connectivity index (χ3n) is 3.56. The molecule has 1 aliphatic rings. The van der Waals surface area contributed by atoms with Crippen molar-refractivity contribution in [2.24, 2.45) is 11.8 Å². The maximum atomic E-state index is 12.0. The average Bonchev–Trinajstić information content (AvgIpc) is 2.92. The van der Waals surface area contributed by atoms with Crippen molar-refractivity contribution in [2.75, 3.05) is 13.2 Å². The second-order valence-corrected chi connectivity index (χ2v) is 5.49. The van der Waals surface area contributed by atoms with Gasteiger partial charge in [0.1, 0.15) is 0 Å². The highest BCUT2D eigenvalue weighted by molar-refractivity contribution is 5.92. The summed E-state index contributed by atoms with van der Waals surface area (Å²) in [7, 11) is 0. The van der Waals surface area contributed by atoms with Crippen LogP contribution in [0.5, 0.6) is 0 Å². The predicted octanol–water partition coefficient (Wildman–Crippen LogP) is 2.08. The van der Waals surface area contributed by atoms with Gasteiger partial charge in [0.15, 0.2) is 5.89 Å². The molecule has 19 heavy (non-hydrogen) atoms. The van der Waals surface area contributed by atoms with Crippen molar-refractivity contribution in [1.29, 1.82) is 0 Å². The summed E-state index contributed by atoms with van der Waals surface area (Å²) >= 11 is 0. The zero-order valence-electron chi connectivity index (χ0n) is 12.0. The Hall–Kier alpha value is -1.36. The van der Waals surface area contributed by atoms with Crippen molar-refractivity contribution in [1.82, 2.24) is 10.3 Å². The molecule has 0 radical (unpaired) electrons. The number of aromatic nitrogens is 1. The van der Waals surface area contributed by atoms with E-state index >= 15 is 0 Å². The Morgan fingerprint density at radius 3 is 2.79 bits per heavy atom. The quantitative estimate of drug-likeness (QED) is 0.906. The van der Waals surface area contributed by atoms with Gasteiger partial charge >= 0.3 is 0 Å². The Labute approximate surface area is 113 Å². The molecule has 106 valence electrons. The van der Waals surface area contributed by atoms with E-state index in [0.717, 1.165) is 13.0 Å². The molecule has 5 heteroatoms. The van der Waals surface area contributed by atoms with Crippen LogP contribution >= 0.6 is 0 Å². The minimum Gasteiger partial charge on any atom is -0.436 e. The number of hydrogen-bond donors (Lipinski definition) is 1. The van der Waals surface area contributed by atoms with Gasteiger partial charge in [0.05, 0.1) is 11.8 Å². The van der Waals surface area contributed by atoms with Crippen molar-refractivity contribution in [3.05, 3.63) is 17.3 Å². The lowest BCUT2D eigenvalue weighted by Crippen LogP contribution is -2.35. The van der Waals surface area contributed by atoms with Gasteiger partial charge in [-0.25, -0.2) is 4.98 Å². The first-order valence-corrected chi connectivity index (χ1v) is 6.83. The minimum atomic E-state index is -0.187. The highest BCUT2D eigenvalue weighted by Crippen LogP contribution is 2.26. The summed E-state index contributed by atoms with van der Waals surface area (Å²) in [6.07, 6.45) is 1.23. The molecule has 2 atom stereocenters. The number of carbonyl (C=O) groups excluding carboxylic acids is 1. The molecule has 1 fully saturated rings. The van der Waals surface area contributed by atoms with Crippen LogP contribution in [0.15, 0.2) is 4.42 Å². The zero-order chi connectivity index (χ0) is 14.0. The molecule has 1 aromatic heterocycles. The van der Waals surface area contributed by atoms with Gasteiger partial charge in [0.2, 0.25) is 5.76 Å². The summed E-state index contributed by atoms with van der Waals surface area (Å²) in [6, 6.07) is 0. The van der Waals surface area contributed by atoms with Crippen LogP contribution in [0.3, 0.4) is 0 Å². The van der Waals surface area contributed by atoms with Gasteiger partial charge < -0.3 is 14.5 Å². The molecule has 0 spiro atoms. The van der Waals surface area contributed by atoms with Gasteiger partial charge in [-0.05, 0) is 19.3 Å². The number of nitrogens with zero attached hydrogens (tertiary/aromatic N) is 1. The molecule has 0 saturated carbocycles. The summed E-state index contributed by atoms with van der Waals surface area (Å²) in [5, 5.41) is 2.93. The Morgan fingerprint density at radius 1 is 1.47 bits per heavy atom. The number of ether oxygens (including phenoxy) is 1. The summed E-state index contributed by atoms with van der Waals surface area (Å²) in [5.41, 5.74) is 0.637. The number of aryl methyl sites for hydroxylation is 2. The van der Waals surface area contributed by atoms with Crippen LogP contribution < -0.4 is 5.32 Å². The van der Waals surface area contributed by atoms with E-state index in [9.17, 15) is 4.79 Å². The van der Waals surface area contributed by atoms with Crippen molar-refractivity contribution in [3.8, 4) is 0 Å². The Bertz CT molecular complexity index is 454. The van der Waals surface area contributed by atoms with Crippen LogP contribution in [0.2, 0.25) is 0 Å². The zero-order valence-corrected chi connectivity index (χ0v) is 12.0. The molecule has 0 aliphatic carbocycles. The molecule has 0 unspecified atom stereocenters. The van der Waals surface area contributed by atoms with Gasteiger partial charge in [-0.1, -0.05) is 13.8 Å². The summed E-state index contributed by atoms with van der Waals surface area (Å²) in [4.78, 5) is 16.1. The third kappa shape index (κ3) is 3.15. The van der Waals surface area contributed by atoms with Gasteiger partial charge in [-0.2, -0.15) is 0 Å². The van der Waals surface area contributed by atoms with Gasteiger partial charge in [0.25, 0.3) is 5.91 Å². The van der Waals surface area contributed by atoms with Gasteiger partial charge in [0, 0.05) is 26.0 Å². The molecule has 0 bridgehead atoms. The Balaban J connectivity index is 1.92. The topological polar surface area (TPSA) is 64.4 Å². The molecule has 1 aromatic rings.